The molecule has 26 heavy (non-hydrogen) atoms. The lowest BCUT2D eigenvalue weighted by molar-refractivity contribution is -0.119. The van der Waals surface area contributed by atoms with Crippen LogP contribution in [0.25, 0.3) is 0 Å². The molecule has 0 aliphatic rings. The summed E-state index contributed by atoms with van der Waals surface area (Å²) in [5.74, 6) is -0.234. The molecule has 2 N–H and O–H groups in total. The summed E-state index contributed by atoms with van der Waals surface area (Å²) in [7, 11) is 1.78. The van der Waals surface area contributed by atoms with Crippen LogP contribution in [0.4, 0.5) is 14.5 Å². The zero-order valence-electron chi connectivity index (χ0n) is 14.7. The lowest BCUT2D eigenvalue weighted by Crippen LogP contribution is -2.28. The van der Waals surface area contributed by atoms with Gasteiger partial charge in [-0.25, -0.2) is 0 Å². The van der Waals surface area contributed by atoms with E-state index in [1.54, 1.807) is 19.2 Å². The number of carbonyl (C=O) groups excluding carboxylic acids is 1. The lowest BCUT2D eigenvalue weighted by atomic mass is 10.0. The summed E-state index contributed by atoms with van der Waals surface area (Å²) in [6, 6.07) is 14.2. The maximum atomic E-state index is 12.6. The molecule has 1 unspecified atom stereocenters. The first kappa shape index (κ1) is 21.9. The van der Waals surface area contributed by atoms with Crippen molar-refractivity contribution in [2.24, 2.45) is 5.92 Å². The minimum absolute atomic E-state index is 0. The van der Waals surface area contributed by atoms with Crippen LogP contribution in [0.2, 0.25) is 0 Å². The molecule has 0 aliphatic carbocycles. The Labute approximate surface area is 158 Å². The summed E-state index contributed by atoms with van der Waals surface area (Å²) >= 11 is 0. The molecule has 0 saturated carbocycles. The van der Waals surface area contributed by atoms with Gasteiger partial charge in [0, 0.05) is 30.1 Å². The number of benzene rings is 2. The molecule has 0 heterocycles. The summed E-state index contributed by atoms with van der Waals surface area (Å²) in [4.78, 5) is 12.1. The summed E-state index contributed by atoms with van der Waals surface area (Å²) in [5, 5.41) is 5.76. The van der Waals surface area contributed by atoms with E-state index >= 15 is 0 Å². The molecule has 142 valence electrons. The number of amides is 1. The van der Waals surface area contributed by atoms with Gasteiger partial charge in [-0.1, -0.05) is 37.3 Å². The van der Waals surface area contributed by atoms with Crippen LogP contribution in [0.3, 0.4) is 0 Å². The number of hydrogen-bond donors (Lipinski definition) is 2. The number of halogens is 3. The van der Waals surface area contributed by atoms with Gasteiger partial charge in [0.15, 0.2) is 0 Å². The molecule has 0 aromatic heterocycles. The summed E-state index contributed by atoms with van der Waals surface area (Å²) in [5.41, 5.74) is 2.11. The van der Waals surface area contributed by atoms with Gasteiger partial charge in [-0.3, -0.25) is 4.79 Å². The van der Waals surface area contributed by atoms with Gasteiger partial charge in [0.1, 0.15) is 5.75 Å². The predicted molar refractivity (Wildman–Crippen MR) is 101 cm³/mol. The third-order valence-electron chi connectivity index (χ3n) is 3.74. The van der Waals surface area contributed by atoms with Gasteiger partial charge < -0.3 is 15.4 Å². The molecular formula is C19H23ClF2N2O2. The molecule has 0 radical (unpaired) electrons. The molecule has 2 aromatic rings. The van der Waals surface area contributed by atoms with Crippen LogP contribution in [0.15, 0.2) is 48.5 Å². The molecule has 7 heteroatoms. The average Bonchev–Trinajstić information content (AvgIpc) is 2.58. The first-order chi connectivity index (χ1) is 12.0. The van der Waals surface area contributed by atoms with E-state index in [0.717, 1.165) is 5.56 Å². The molecule has 1 amide bonds. The van der Waals surface area contributed by atoms with Crippen molar-refractivity contribution in [1.29, 1.82) is 0 Å². The second-order valence-electron chi connectivity index (χ2n) is 5.81. The molecule has 0 fully saturated rings. The Hall–Kier alpha value is -2.18. The van der Waals surface area contributed by atoms with Crippen molar-refractivity contribution in [3.8, 4) is 5.75 Å². The van der Waals surface area contributed by atoms with Crippen molar-refractivity contribution in [1.82, 2.24) is 5.32 Å². The molecular weight excluding hydrogens is 362 g/mol. The highest BCUT2D eigenvalue weighted by atomic mass is 35.5. The maximum absolute atomic E-state index is 12.6. The Balaban J connectivity index is 0.00000338. The summed E-state index contributed by atoms with van der Waals surface area (Å²) in [6.07, 6.45) is 0.429. The minimum Gasteiger partial charge on any atom is -0.435 e. The van der Waals surface area contributed by atoms with Gasteiger partial charge >= 0.3 is 6.61 Å². The van der Waals surface area contributed by atoms with Crippen LogP contribution in [0.5, 0.6) is 5.75 Å². The van der Waals surface area contributed by atoms with E-state index in [9.17, 15) is 13.6 Å². The molecule has 0 bridgehead atoms. The number of hydrogen-bond acceptors (Lipinski definition) is 3. The van der Waals surface area contributed by atoms with Crippen molar-refractivity contribution < 1.29 is 18.3 Å². The van der Waals surface area contributed by atoms with E-state index in [-0.39, 0.29) is 30.0 Å². The zero-order valence-corrected chi connectivity index (χ0v) is 15.5. The van der Waals surface area contributed by atoms with Crippen molar-refractivity contribution >= 4 is 24.0 Å². The van der Waals surface area contributed by atoms with Crippen LogP contribution >= 0.6 is 12.4 Å². The monoisotopic (exact) mass is 384 g/mol. The zero-order chi connectivity index (χ0) is 18.2. The van der Waals surface area contributed by atoms with Crippen LogP contribution in [0, 0.1) is 5.92 Å². The van der Waals surface area contributed by atoms with E-state index in [4.69, 9.17) is 0 Å². The second-order valence-corrected chi connectivity index (χ2v) is 5.81. The smallest absolute Gasteiger partial charge is 0.387 e. The number of carbonyl (C=O) groups is 1. The highest BCUT2D eigenvalue weighted by molar-refractivity contribution is 5.92. The Kier molecular flexibility index (Phi) is 9.02. The molecule has 2 rings (SSSR count). The van der Waals surface area contributed by atoms with Gasteiger partial charge in [-0.2, -0.15) is 8.78 Å². The van der Waals surface area contributed by atoms with Crippen molar-refractivity contribution in [3.63, 3.8) is 0 Å². The van der Waals surface area contributed by atoms with Gasteiger partial charge in [0.05, 0.1) is 0 Å². The van der Waals surface area contributed by atoms with Crippen molar-refractivity contribution in [2.45, 2.75) is 20.0 Å². The van der Waals surface area contributed by atoms with Crippen LogP contribution < -0.4 is 15.4 Å². The molecule has 2 aromatic carbocycles. The van der Waals surface area contributed by atoms with Crippen LogP contribution in [-0.4, -0.2) is 26.1 Å². The minimum atomic E-state index is -2.90. The van der Waals surface area contributed by atoms with Gasteiger partial charge in [-0.05, 0) is 30.8 Å². The number of nitrogens with one attached hydrogen (secondary N) is 2. The Morgan fingerprint density at radius 2 is 1.85 bits per heavy atom. The predicted octanol–water partition coefficient (Wildman–Crippen LogP) is 4.09. The Morgan fingerprint density at radius 1 is 1.15 bits per heavy atom. The highest BCUT2D eigenvalue weighted by Crippen LogP contribution is 2.27. The van der Waals surface area contributed by atoms with Crippen LogP contribution in [0.1, 0.15) is 18.1 Å². The fourth-order valence-corrected chi connectivity index (χ4v) is 2.49. The van der Waals surface area contributed by atoms with E-state index in [0.29, 0.717) is 24.2 Å². The van der Waals surface area contributed by atoms with E-state index < -0.39 is 6.61 Å². The summed E-state index contributed by atoms with van der Waals surface area (Å²) in [6.45, 7) is -0.536. The molecule has 0 saturated heterocycles. The van der Waals surface area contributed by atoms with Gasteiger partial charge in [0.25, 0.3) is 0 Å². The molecule has 4 nitrogen and oxygen atoms in total. The largest absolute Gasteiger partial charge is 0.435 e. The average molecular weight is 385 g/mol. The number of rotatable bonds is 8. The lowest BCUT2D eigenvalue weighted by Gasteiger charge is -2.15. The topological polar surface area (TPSA) is 50.4 Å². The third-order valence-corrected chi connectivity index (χ3v) is 3.74. The number of anilines is 1. The van der Waals surface area contributed by atoms with E-state index in [1.807, 2.05) is 37.3 Å². The molecule has 0 aliphatic heterocycles. The van der Waals surface area contributed by atoms with E-state index in [2.05, 4.69) is 15.4 Å². The summed E-state index contributed by atoms with van der Waals surface area (Å²) < 4.78 is 29.9. The molecule has 1 atom stereocenters. The van der Waals surface area contributed by atoms with Crippen molar-refractivity contribution in [3.05, 3.63) is 59.7 Å². The fourth-order valence-electron chi connectivity index (χ4n) is 2.49. The van der Waals surface area contributed by atoms with Crippen LogP contribution in [-0.2, 0) is 11.2 Å². The quantitative estimate of drug-likeness (QED) is 0.720. The number of alkyl halides is 2. The Bertz CT molecular complexity index is 699. The second kappa shape index (κ2) is 10.7. The highest BCUT2D eigenvalue weighted by Gasteiger charge is 2.15. The third kappa shape index (κ3) is 6.61. The standard InChI is InChI=1S/C19H22F2N2O2.ClH/c1-13(12-22-2)18(24)23-16-8-9-17(25-19(20)21)15(11-16)10-14-6-4-3-5-7-14;/h3-9,11,13,19,22H,10,12H2,1-2H3,(H,23,24);1H. The Morgan fingerprint density at radius 3 is 2.46 bits per heavy atom. The first-order valence-corrected chi connectivity index (χ1v) is 8.06. The number of ether oxygens (including phenoxy) is 1. The van der Waals surface area contributed by atoms with Gasteiger partial charge in [0.2, 0.25) is 5.91 Å². The SMILES string of the molecule is CNCC(C)C(=O)Nc1ccc(OC(F)F)c(Cc2ccccc2)c1.Cl. The van der Waals surface area contributed by atoms with E-state index in [1.165, 1.54) is 6.07 Å². The fraction of sp³-hybridized carbons (Fsp3) is 0.316. The molecule has 0 spiro atoms. The van der Waals surface area contributed by atoms with Crippen molar-refractivity contribution in [2.75, 3.05) is 18.9 Å². The maximum Gasteiger partial charge on any atom is 0.387 e. The first-order valence-electron chi connectivity index (χ1n) is 8.06. The van der Waals surface area contributed by atoms with Gasteiger partial charge in [-0.15, -0.1) is 12.4 Å². The normalized spacial score (nSPS) is 11.6.